The molecule has 1 aliphatic heterocycles. The largest absolute Gasteiger partial charge is 0.493 e. The molecule has 1 fully saturated rings. The van der Waals surface area contributed by atoms with Crippen molar-refractivity contribution >= 4 is 5.91 Å². The zero-order valence-electron chi connectivity index (χ0n) is 13.0. The molecule has 0 unspecified atom stereocenters. The number of benzene rings is 1. The number of nitrogens with zero attached hydrogens (tertiary/aromatic N) is 2. The van der Waals surface area contributed by atoms with E-state index in [-0.39, 0.29) is 17.7 Å². The van der Waals surface area contributed by atoms with Crippen LogP contribution in [0.5, 0.6) is 5.75 Å². The maximum atomic E-state index is 11.7. The molecule has 3 rings (SSSR count). The third kappa shape index (κ3) is 4.07. The molecule has 23 heavy (non-hydrogen) atoms. The van der Waals surface area contributed by atoms with Crippen molar-refractivity contribution in [3.05, 3.63) is 60.4 Å². The Morgan fingerprint density at radius 2 is 1.96 bits per heavy atom. The molecule has 2 aromatic rings. The molecule has 5 heteroatoms. The number of nitrogens with two attached hydrogens (primary N) is 1. The second-order valence-electron chi connectivity index (χ2n) is 5.91. The van der Waals surface area contributed by atoms with Crippen LogP contribution in [0.15, 0.2) is 54.7 Å². The molecule has 2 N–H and O–H groups in total. The van der Waals surface area contributed by atoms with E-state index in [0.717, 1.165) is 24.5 Å². The van der Waals surface area contributed by atoms with Crippen molar-refractivity contribution in [2.75, 3.05) is 19.7 Å². The number of pyridine rings is 1. The lowest BCUT2D eigenvalue weighted by atomic mass is 9.96. The van der Waals surface area contributed by atoms with Crippen LogP contribution >= 0.6 is 0 Å². The minimum absolute atomic E-state index is 0.108. The summed E-state index contributed by atoms with van der Waals surface area (Å²) in [7, 11) is 0. The molecular weight excluding hydrogens is 290 g/mol. The smallest absolute Gasteiger partial charge is 0.222 e. The maximum Gasteiger partial charge on any atom is 0.222 e. The lowest BCUT2D eigenvalue weighted by Crippen LogP contribution is -2.32. The molecule has 1 aliphatic rings. The number of para-hydroxylation sites is 1. The number of hydrogen-bond acceptors (Lipinski definition) is 4. The van der Waals surface area contributed by atoms with E-state index in [4.69, 9.17) is 10.5 Å². The van der Waals surface area contributed by atoms with E-state index in [1.807, 2.05) is 48.5 Å². The van der Waals surface area contributed by atoms with Crippen molar-refractivity contribution < 1.29 is 9.53 Å². The first-order valence-electron chi connectivity index (χ1n) is 7.82. The highest BCUT2D eigenvalue weighted by Gasteiger charge is 2.36. The van der Waals surface area contributed by atoms with E-state index in [1.54, 1.807) is 6.20 Å². The maximum absolute atomic E-state index is 11.7. The molecule has 0 spiro atoms. The predicted molar refractivity (Wildman–Crippen MR) is 87.6 cm³/mol. The number of carbonyl (C=O) groups excluding carboxylic acids is 1. The van der Waals surface area contributed by atoms with Crippen molar-refractivity contribution in [2.24, 2.45) is 17.6 Å². The Balaban J connectivity index is 1.61. The summed E-state index contributed by atoms with van der Waals surface area (Å²) < 4.78 is 5.82. The van der Waals surface area contributed by atoms with Gasteiger partial charge in [-0.25, -0.2) is 0 Å². The van der Waals surface area contributed by atoms with Crippen LogP contribution in [-0.4, -0.2) is 35.5 Å². The number of amides is 1. The Hall–Kier alpha value is -2.40. The third-order valence-corrected chi connectivity index (χ3v) is 4.20. The highest BCUT2D eigenvalue weighted by molar-refractivity contribution is 5.77. The number of ether oxygens (including phenoxy) is 1. The average molecular weight is 311 g/mol. The van der Waals surface area contributed by atoms with Crippen molar-refractivity contribution in [1.29, 1.82) is 0 Å². The van der Waals surface area contributed by atoms with Crippen molar-refractivity contribution in [1.82, 2.24) is 9.88 Å². The van der Waals surface area contributed by atoms with Crippen molar-refractivity contribution in [2.45, 2.75) is 6.54 Å². The van der Waals surface area contributed by atoms with Crippen LogP contribution in [0.1, 0.15) is 5.69 Å². The zero-order chi connectivity index (χ0) is 16.1. The number of primary amides is 1. The number of rotatable bonds is 6. The number of carbonyl (C=O) groups is 1. The molecule has 0 aliphatic carbocycles. The lowest BCUT2D eigenvalue weighted by molar-refractivity contribution is -0.122. The highest BCUT2D eigenvalue weighted by atomic mass is 16.5. The van der Waals surface area contributed by atoms with Gasteiger partial charge >= 0.3 is 0 Å². The fraction of sp³-hybridized carbons (Fsp3) is 0.333. The molecule has 0 radical (unpaired) electrons. The molecule has 0 saturated carbocycles. The predicted octanol–water partition coefficient (Wildman–Crippen LogP) is 1.69. The van der Waals surface area contributed by atoms with Gasteiger partial charge in [0.15, 0.2) is 0 Å². The third-order valence-electron chi connectivity index (χ3n) is 4.20. The van der Waals surface area contributed by atoms with Crippen LogP contribution in [-0.2, 0) is 11.3 Å². The SMILES string of the molecule is NC(=O)[C@@H]1CN(Cc2ccccn2)C[C@H]1COc1ccccc1. The number of aromatic nitrogens is 1. The molecule has 1 aromatic heterocycles. The van der Waals surface area contributed by atoms with Gasteiger partial charge in [0, 0.05) is 31.7 Å². The summed E-state index contributed by atoms with van der Waals surface area (Å²) in [5.74, 6) is 0.493. The van der Waals surface area contributed by atoms with Crippen molar-refractivity contribution in [3.63, 3.8) is 0 Å². The fourth-order valence-electron chi connectivity index (χ4n) is 3.02. The first-order chi connectivity index (χ1) is 11.2. The summed E-state index contributed by atoms with van der Waals surface area (Å²) in [5.41, 5.74) is 6.58. The van der Waals surface area contributed by atoms with Crippen LogP contribution in [0.4, 0.5) is 0 Å². The molecule has 120 valence electrons. The van der Waals surface area contributed by atoms with E-state index < -0.39 is 0 Å². The van der Waals surface area contributed by atoms with Crippen LogP contribution in [0.3, 0.4) is 0 Å². The Labute approximate surface area is 136 Å². The van der Waals surface area contributed by atoms with E-state index in [2.05, 4.69) is 9.88 Å². The van der Waals surface area contributed by atoms with Gasteiger partial charge in [-0.3, -0.25) is 14.7 Å². The standard InChI is InChI=1S/C18H21N3O2/c19-18(22)17-12-21(11-15-6-4-5-9-20-15)10-14(17)13-23-16-7-2-1-3-8-16/h1-9,14,17H,10-13H2,(H2,19,22)/t14-,17+/m0/s1. The van der Waals surface area contributed by atoms with E-state index in [1.165, 1.54) is 0 Å². The number of likely N-dealkylation sites (tertiary alicyclic amines) is 1. The average Bonchev–Trinajstić information content (AvgIpc) is 2.98. The molecule has 1 amide bonds. The van der Waals surface area contributed by atoms with Gasteiger partial charge in [-0.2, -0.15) is 0 Å². The normalized spacial score (nSPS) is 21.2. The topological polar surface area (TPSA) is 68.5 Å². The summed E-state index contributed by atoms with van der Waals surface area (Å²) in [6.07, 6.45) is 1.78. The fourth-order valence-corrected chi connectivity index (χ4v) is 3.02. The molecule has 2 atom stereocenters. The van der Waals surface area contributed by atoms with Gasteiger partial charge in [0.05, 0.1) is 18.2 Å². The van der Waals surface area contributed by atoms with Gasteiger partial charge in [-0.1, -0.05) is 24.3 Å². The molecule has 1 aromatic carbocycles. The van der Waals surface area contributed by atoms with E-state index >= 15 is 0 Å². The quantitative estimate of drug-likeness (QED) is 0.881. The Morgan fingerprint density at radius 3 is 2.65 bits per heavy atom. The summed E-state index contributed by atoms with van der Waals surface area (Å²) in [6, 6.07) is 15.5. The first kappa shape index (κ1) is 15.5. The van der Waals surface area contributed by atoms with Crippen LogP contribution in [0.25, 0.3) is 0 Å². The number of hydrogen-bond donors (Lipinski definition) is 1. The minimum Gasteiger partial charge on any atom is -0.493 e. The zero-order valence-corrected chi connectivity index (χ0v) is 13.0. The second kappa shape index (κ2) is 7.24. The molecule has 2 heterocycles. The lowest BCUT2D eigenvalue weighted by Gasteiger charge is -2.16. The van der Waals surface area contributed by atoms with Gasteiger partial charge in [-0.15, -0.1) is 0 Å². The van der Waals surface area contributed by atoms with Gasteiger partial charge in [0.25, 0.3) is 0 Å². The summed E-state index contributed by atoms with van der Waals surface area (Å²) in [5, 5.41) is 0. The van der Waals surface area contributed by atoms with Crippen molar-refractivity contribution in [3.8, 4) is 5.75 Å². The molecule has 5 nitrogen and oxygen atoms in total. The van der Waals surface area contributed by atoms with Crippen LogP contribution in [0.2, 0.25) is 0 Å². The van der Waals surface area contributed by atoms with Gasteiger partial charge in [-0.05, 0) is 24.3 Å². The van der Waals surface area contributed by atoms with E-state index in [0.29, 0.717) is 13.2 Å². The second-order valence-corrected chi connectivity index (χ2v) is 5.91. The van der Waals surface area contributed by atoms with Crippen LogP contribution in [0, 0.1) is 11.8 Å². The summed E-state index contributed by atoms with van der Waals surface area (Å²) in [4.78, 5) is 18.3. The first-order valence-corrected chi connectivity index (χ1v) is 7.82. The van der Waals surface area contributed by atoms with Gasteiger partial charge < -0.3 is 10.5 Å². The molecular formula is C18H21N3O2. The Bertz CT molecular complexity index is 633. The highest BCUT2D eigenvalue weighted by Crippen LogP contribution is 2.25. The summed E-state index contributed by atoms with van der Waals surface area (Å²) in [6.45, 7) is 2.68. The van der Waals surface area contributed by atoms with Gasteiger partial charge in [0.1, 0.15) is 5.75 Å². The summed E-state index contributed by atoms with van der Waals surface area (Å²) >= 11 is 0. The monoisotopic (exact) mass is 311 g/mol. The van der Waals surface area contributed by atoms with Crippen LogP contribution < -0.4 is 10.5 Å². The minimum atomic E-state index is -0.254. The Morgan fingerprint density at radius 1 is 1.17 bits per heavy atom. The van der Waals surface area contributed by atoms with Gasteiger partial charge in [0.2, 0.25) is 5.91 Å². The molecule has 0 bridgehead atoms. The molecule has 1 saturated heterocycles. The van der Waals surface area contributed by atoms with E-state index in [9.17, 15) is 4.79 Å². The Kier molecular flexibility index (Phi) is 4.88.